The molecule has 1 amide bonds. The topological polar surface area (TPSA) is 115 Å². The van der Waals surface area contributed by atoms with E-state index in [1.54, 1.807) is 31.8 Å². The predicted octanol–water partition coefficient (Wildman–Crippen LogP) is 7.51. The van der Waals surface area contributed by atoms with Gasteiger partial charge in [0.25, 0.3) is 5.69 Å². The second kappa shape index (κ2) is 16.4. The molecule has 0 spiro atoms. The first-order chi connectivity index (χ1) is 24.4. The van der Waals surface area contributed by atoms with Crippen molar-refractivity contribution < 1.29 is 14.5 Å². The summed E-state index contributed by atoms with van der Waals surface area (Å²) in [7, 11) is 1.64. The number of fused-ring (bicyclic) bond motifs is 1. The van der Waals surface area contributed by atoms with Gasteiger partial charge in [-0.3, -0.25) is 14.9 Å². The molecule has 1 fully saturated rings. The van der Waals surface area contributed by atoms with Gasteiger partial charge in [0.15, 0.2) is 5.11 Å². The Labute approximate surface area is 297 Å². The van der Waals surface area contributed by atoms with E-state index in [-0.39, 0.29) is 24.1 Å². The monoisotopic (exact) mass is 690 g/mol. The summed E-state index contributed by atoms with van der Waals surface area (Å²) in [4.78, 5) is 31.0. The van der Waals surface area contributed by atoms with Crippen LogP contribution >= 0.6 is 12.2 Å². The number of thiocarbonyl (C=S) groups is 1. The minimum absolute atomic E-state index is 0.0425. The largest absolute Gasteiger partial charge is 0.497 e. The first-order valence-electron chi connectivity index (χ1n) is 17.0. The molecule has 5 aromatic rings. The van der Waals surface area contributed by atoms with Crippen LogP contribution in [0.1, 0.15) is 48.9 Å². The Bertz CT molecular complexity index is 1920. The van der Waals surface area contributed by atoms with E-state index in [1.807, 2.05) is 34.9 Å². The zero-order valence-electron chi connectivity index (χ0n) is 28.2. The fraction of sp³-hybridized carbons (Fsp3) is 0.308. The van der Waals surface area contributed by atoms with Crippen LogP contribution in [0.4, 0.5) is 11.4 Å². The number of nitro benzene ring substituents is 1. The van der Waals surface area contributed by atoms with Crippen molar-refractivity contribution in [3.05, 3.63) is 130 Å². The minimum atomic E-state index is -0.412. The van der Waals surface area contributed by atoms with Gasteiger partial charge in [0.1, 0.15) is 5.75 Å². The molecule has 1 aliphatic carbocycles. The van der Waals surface area contributed by atoms with Crippen molar-refractivity contribution in [1.29, 1.82) is 0 Å². The summed E-state index contributed by atoms with van der Waals surface area (Å²) in [6, 6.07) is 28.7. The smallest absolute Gasteiger partial charge is 0.269 e. The number of ether oxygens (including phenoxy) is 1. The first kappa shape index (κ1) is 34.6. The van der Waals surface area contributed by atoms with Crippen molar-refractivity contribution >= 4 is 45.4 Å². The van der Waals surface area contributed by atoms with Gasteiger partial charge in [-0.05, 0) is 77.1 Å². The maximum Gasteiger partial charge on any atom is 0.269 e. The van der Waals surface area contributed by atoms with Gasteiger partial charge < -0.3 is 24.8 Å². The highest BCUT2D eigenvalue weighted by Gasteiger charge is 2.29. The van der Waals surface area contributed by atoms with E-state index in [0.717, 1.165) is 53.9 Å². The zero-order chi connectivity index (χ0) is 34.9. The van der Waals surface area contributed by atoms with E-state index >= 15 is 0 Å². The number of carbonyl (C=O) groups excluding carboxylic acids is 1. The SMILES string of the molecule is COc1ccc(NC(=S)N(Cc2cccc3ccccc23)CC(NC(=O)Cc2cncn2Cc2ccc([N+](=O)[O-])cc2)C2CCCCC2)cc1. The molecule has 1 atom stereocenters. The van der Waals surface area contributed by atoms with E-state index in [1.165, 1.54) is 29.3 Å². The van der Waals surface area contributed by atoms with Crippen LogP contribution in [0.15, 0.2) is 104 Å². The van der Waals surface area contributed by atoms with E-state index in [2.05, 4.69) is 56.9 Å². The summed E-state index contributed by atoms with van der Waals surface area (Å²) in [6.45, 7) is 1.57. The van der Waals surface area contributed by atoms with E-state index in [0.29, 0.717) is 30.7 Å². The molecule has 1 heterocycles. The number of rotatable bonds is 13. The number of non-ortho nitro benzene ring substituents is 1. The molecule has 2 N–H and O–H groups in total. The Morgan fingerprint density at radius 2 is 1.76 bits per heavy atom. The van der Waals surface area contributed by atoms with Gasteiger partial charge in [0.2, 0.25) is 5.91 Å². The molecule has 50 heavy (non-hydrogen) atoms. The number of carbonyl (C=O) groups is 1. The molecule has 11 heteroatoms. The van der Waals surface area contributed by atoms with Crippen LogP contribution in [0.2, 0.25) is 0 Å². The summed E-state index contributed by atoms with van der Waals surface area (Å²) >= 11 is 6.09. The highest BCUT2D eigenvalue weighted by atomic mass is 32.1. The van der Waals surface area contributed by atoms with Crippen LogP contribution in [0.3, 0.4) is 0 Å². The third kappa shape index (κ3) is 8.83. The number of methoxy groups -OCH3 is 1. The molecule has 0 radical (unpaired) electrons. The van der Waals surface area contributed by atoms with Gasteiger partial charge in [-0.15, -0.1) is 0 Å². The Balaban J connectivity index is 1.22. The number of nitrogens with zero attached hydrogens (tertiary/aromatic N) is 4. The number of anilines is 1. The quantitative estimate of drug-likeness (QED) is 0.0742. The van der Waals surface area contributed by atoms with Crippen molar-refractivity contribution in [3.8, 4) is 5.75 Å². The molecule has 1 aromatic heterocycles. The maximum absolute atomic E-state index is 13.8. The number of imidazole rings is 1. The van der Waals surface area contributed by atoms with Gasteiger partial charge in [-0.25, -0.2) is 4.98 Å². The molecule has 1 saturated carbocycles. The molecule has 258 valence electrons. The van der Waals surface area contributed by atoms with E-state index < -0.39 is 4.92 Å². The Hall–Kier alpha value is -5.29. The van der Waals surface area contributed by atoms with Gasteiger partial charge in [0.05, 0.1) is 24.8 Å². The van der Waals surface area contributed by atoms with Crippen LogP contribution in [-0.2, 0) is 24.3 Å². The number of amides is 1. The summed E-state index contributed by atoms with van der Waals surface area (Å²) in [5.74, 6) is 1.00. The fourth-order valence-electron chi connectivity index (χ4n) is 6.80. The maximum atomic E-state index is 13.8. The average Bonchev–Trinajstić information content (AvgIpc) is 3.57. The molecule has 4 aromatic carbocycles. The van der Waals surface area contributed by atoms with Crippen LogP contribution < -0.4 is 15.4 Å². The highest BCUT2D eigenvalue weighted by molar-refractivity contribution is 7.80. The van der Waals surface area contributed by atoms with Crippen molar-refractivity contribution in [2.24, 2.45) is 5.92 Å². The molecule has 6 rings (SSSR count). The Kier molecular flexibility index (Phi) is 11.3. The number of hydrogen-bond acceptors (Lipinski definition) is 6. The lowest BCUT2D eigenvalue weighted by Gasteiger charge is -2.36. The molecule has 0 saturated heterocycles. The van der Waals surface area contributed by atoms with Crippen LogP contribution in [0.5, 0.6) is 5.75 Å². The summed E-state index contributed by atoms with van der Waals surface area (Å²) in [5.41, 5.74) is 3.72. The lowest BCUT2D eigenvalue weighted by Crippen LogP contribution is -2.51. The third-order valence-corrected chi connectivity index (χ3v) is 9.85. The molecule has 1 unspecified atom stereocenters. The number of benzene rings is 4. The lowest BCUT2D eigenvalue weighted by molar-refractivity contribution is -0.384. The number of nitro groups is 1. The van der Waals surface area contributed by atoms with Crippen LogP contribution in [0, 0.1) is 16.0 Å². The van der Waals surface area contributed by atoms with Gasteiger partial charge >= 0.3 is 0 Å². The van der Waals surface area contributed by atoms with Gasteiger partial charge in [-0.1, -0.05) is 73.9 Å². The lowest BCUT2D eigenvalue weighted by atomic mass is 9.83. The van der Waals surface area contributed by atoms with Crippen molar-refractivity contribution in [2.45, 2.75) is 57.7 Å². The summed E-state index contributed by atoms with van der Waals surface area (Å²) in [5, 5.41) is 20.9. The zero-order valence-corrected chi connectivity index (χ0v) is 29.0. The summed E-state index contributed by atoms with van der Waals surface area (Å²) in [6.07, 6.45) is 9.13. The predicted molar refractivity (Wildman–Crippen MR) is 200 cm³/mol. The van der Waals surface area contributed by atoms with Crippen molar-refractivity contribution in [3.63, 3.8) is 0 Å². The number of hydrogen-bond donors (Lipinski definition) is 2. The highest BCUT2D eigenvalue weighted by Crippen LogP contribution is 2.29. The minimum Gasteiger partial charge on any atom is -0.497 e. The van der Waals surface area contributed by atoms with Gasteiger partial charge in [0, 0.05) is 55.4 Å². The average molecular weight is 691 g/mol. The standard InChI is InChI=1S/C39H42N6O4S/c1-49-35-20-16-32(17-21-35)41-39(50)43(25-31-12-7-11-29-8-5-6-13-36(29)31)26-37(30-9-3-2-4-10-30)42-38(46)22-34-23-40-27-44(34)24-28-14-18-33(19-15-28)45(47)48/h5-8,11-21,23,27,30,37H,2-4,9-10,22,24-26H2,1H3,(H,41,50)(H,42,46). The molecule has 0 aliphatic heterocycles. The van der Waals surface area contributed by atoms with E-state index in [9.17, 15) is 14.9 Å². The van der Waals surface area contributed by atoms with Crippen molar-refractivity contribution in [1.82, 2.24) is 19.8 Å². The van der Waals surface area contributed by atoms with Crippen molar-refractivity contribution in [2.75, 3.05) is 19.0 Å². The van der Waals surface area contributed by atoms with Crippen LogP contribution in [0.25, 0.3) is 10.8 Å². The Morgan fingerprint density at radius 3 is 2.50 bits per heavy atom. The number of aromatic nitrogens is 2. The first-order valence-corrected chi connectivity index (χ1v) is 17.5. The fourth-order valence-corrected chi connectivity index (χ4v) is 7.06. The summed E-state index contributed by atoms with van der Waals surface area (Å²) < 4.78 is 7.26. The normalized spacial score (nSPS) is 13.8. The molecule has 1 aliphatic rings. The molecule has 10 nitrogen and oxygen atoms in total. The second-order valence-electron chi connectivity index (χ2n) is 12.9. The van der Waals surface area contributed by atoms with Crippen LogP contribution in [-0.4, -0.2) is 50.1 Å². The second-order valence-corrected chi connectivity index (χ2v) is 13.2. The Morgan fingerprint density at radius 1 is 1.02 bits per heavy atom. The molecular weight excluding hydrogens is 649 g/mol. The molecule has 0 bridgehead atoms. The molecular formula is C39H42N6O4S. The number of nitrogens with one attached hydrogen (secondary N) is 2. The van der Waals surface area contributed by atoms with E-state index in [4.69, 9.17) is 17.0 Å². The third-order valence-electron chi connectivity index (χ3n) is 9.49. The van der Waals surface area contributed by atoms with Gasteiger partial charge in [-0.2, -0.15) is 0 Å².